The number of benzene rings is 1. The number of likely N-dealkylation sites (tertiary alicyclic amines) is 1. The molecule has 1 fully saturated rings. The molecule has 5 nitrogen and oxygen atoms in total. The number of rotatable bonds is 4. The van der Waals surface area contributed by atoms with Gasteiger partial charge in [-0.1, -0.05) is 25.1 Å². The molecule has 1 aliphatic rings. The lowest BCUT2D eigenvalue weighted by molar-refractivity contribution is -0.143. The SMILES string of the molecule is CCCn1c(C(=O)N2CCCC[C@@H]2C(=O)O)cc2ccccc21. The van der Waals surface area contributed by atoms with Crippen LogP contribution >= 0.6 is 0 Å². The number of carboxylic acid groups (broad SMARTS) is 1. The highest BCUT2D eigenvalue weighted by Gasteiger charge is 2.33. The van der Waals surface area contributed by atoms with Crippen LogP contribution in [0.3, 0.4) is 0 Å². The van der Waals surface area contributed by atoms with Gasteiger partial charge in [-0.2, -0.15) is 0 Å². The Bertz CT molecular complexity index is 735. The molecular weight excluding hydrogens is 292 g/mol. The predicted octanol–water partition coefficient (Wildman–Crippen LogP) is 3.13. The molecule has 1 amide bonds. The van der Waals surface area contributed by atoms with Gasteiger partial charge in [-0.15, -0.1) is 0 Å². The molecule has 122 valence electrons. The van der Waals surface area contributed by atoms with Gasteiger partial charge in [0.15, 0.2) is 0 Å². The van der Waals surface area contributed by atoms with E-state index in [1.165, 1.54) is 4.90 Å². The zero-order chi connectivity index (χ0) is 16.4. The highest BCUT2D eigenvalue weighted by molar-refractivity contribution is 6.00. The fourth-order valence-electron chi connectivity index (χ4n) is 3.43. The maximum atomic E-state index is 13.0. The largest absolute Gasteiger partial charge is 0.480 e. The molecule has 1 aromatic carbocycles. The molecule has 2 aromatic rings. The molecule has 1 aliphatic heterocycles. The number of amides is 1. The third kappa shape index (κ3) is 2.83. The third-order valence-electron chi connectivity index (χ3n) is 4.53. The standard InChI is InChI=1S/C18H22N2O3/c1-2-10-19-14-8-4-3-7-13(14)12-16(19)17(21)20-11-6-5-9-15(20)18(22)23/h3-4,7-8,12,15H,2,5-6,9-11H2,1H3,(H,22,23)/t15-/m1/s1. The second-order valence-corrected chi connectivity index (χ2v) is 6.09. The number of aryl methyl sites for hydroxylation is 1. The molecule has 0 radical (unpaired) electrons. The molecule has 1 atom stereocenters. The fraction of sp³-hybridized carbons (Fsp3) is 0.444. The van der Waals surface area contributed by atoms with Crippen LogP contribution in [0.25, 0.3) is 10.9 Å². The van der Waals surface area contributed by atoms with Crippen molar-refractivity contribution in [2.24, 2.45) is 0 Å². The molecule has 2 heterocycles. The monoisotopic (exact) mass is 314 g/mol. The Hall–Kier alpha value is -2.30. The second kappa shape index (κ2) is 6.44. The maximum absolute atomic E-state index is 13.0. The zero-order valence-corrected chi connectivity index (χ0v) is 13.4. The van der Waals surface area contributed by atoms with Crippen LogP contribution in [0.4, 0.5) is 0 Å². The highest BCUT2D eigenvalue weighted by atomic mass is 16.4. The first-order valence-corrected chi connectivity index (χ1v) is 8.25. The van der Waals surface area contributed by atoms with Gasteiger partial charge in [0.25, 0.3) is 5.91 Å². The number of para-hydroxylation sites is 1. The maximum Gasteiger partial charge on any atom is 0.326 e. The molecule has 3 rings (SSSR count). The quantitative estimate of drug-likeness (QED) is 0.943. The van der Waals surface area contributed by atoms with Crippen LogP contribution in [0.5, 0.6) is 0 Å². The number of carboxylic acids is 1. The summed E-state index contributed by atoms with van der Waals surface area (Å²) in [5, 5.41) is 10.4. The van der Waals surface area contributed by atoms with Gasteiger partial charge in [0.05, 0.1) is 0 Å². The number of fused-ring (bicyclic) bond motifs is 1. The van der Waals surface area contributed by atoms with Crippen molar-refractivity contribution in [3.63, 3.8) is 0 Å². The van der Waals surface area contributed by atoms with E-state index in [1.807, 2.05) is 34.9 Å². The highest BCUT2D eigenvalue weighted by Crippen LogP contribution is 2.25. The van der Waals surface area contributed by atoms with Crippen molar-refractivity contribution in [3.8, 4) is 0 Å². The van der Waals surface area contributed by atoms with Crippen LogP contribution in [-0.4, -0.2) is 39.0 Å². The first-order valence-electron chi connectivity index (χ1n) is 8.25. The Labute approximate surface area is 135 Å². The van der Waals surface area contributed by atoms with Crippen LogP contribution in [0.15, 0.2) is 30.3 Å². The van der Waals surface area contributed by atoms with Gasteiger partial charge >= 0.3 is 5.97 Å². The average Bonchev–Trinajstić information content (AvgIpc) is 2.93. The first-order chi connectivity index (χ1) is 11.1. The van der Waals surface area contributed by atoms with Crippen molar-refractivity contribution in [2.45, 2.75) is 45.2 Å². The van der Waals surface area contributed by atoms with Crippen molar-refractivity contribution in [1.29, 1.82) is 0 Å². The van der Waals surface area contributed by atoms with Crippen LogP contribution in [0.1, 0.15) is 43.1 Å². The molecule has 0 unspecified atom stereocenters. The number of hydrogen-bond acceptors (Lipinski definition) is 2. The first kappa shape index (κ1) is 15.6. The van der Waals surface area contributed by atoms with Crippen LogP contribution in [0.2, 0.25) is 0 Å². The molecule has 0 bridgehead atoms. The van der Waals surface area contributed by atoms with E-state index in [0.717, 1.165) is 36.7 Å². The normalized spacial score (nSPS) is 18.3. The Morgan fingerprint density at radius 1 is 1.26 bits per heavy atom. The van der Waals surface area contributed by atoms with Crippen molar-refractivity contribution in [1.82, 2.24) is 9.47 Å². The Balaban J connectivity index is 2.02. The summed E-state index contributed by atoms with van der Waals surface area (Å²) in [4.78, 5) is 26.0. The summed E-state index contributed by atoms with van der Waals surface area (Å²) in [7, 11) is 0. The van der Waals surface area contributed by atoms with E-state index in [9.17, 15) is 14.7 Å². The summed E-state index contributed by atoms with van der Waals surface area (Å²) >= 11 is 0. The Morgan fingerprint density at radius 2 is 2.04 bits per heavy atom. The molecule has 0 spiro atoms. The molecule has 0 saturated carbocycles. The van der Waals surface area contributed by atoms with E-state index in [4.69, 9.17) is 0 Å². The average molecular weight is 314 g/mol. The van der Waals surface area contributed by atoms with Crippen molar-refractivity contribution >= 4 is 22.8 Å². The van der Waals surface area contributed by atoms with Crippen molar-refractivity contribution in [2.75, 3.05) is 6.54 Å². The summed E-state index contributed by atoms with van der Waals surface area (Å²) in [6.07, 6.45) is 3.18. The van der Waals surface area contributed by atoms with Gasteiger partial charge in [-0.05, 0) is 37.8 Å². The summed E-state index contributed by atoms with van der Waals surface area (Å²) in [5.41, 5.74) is 1.63. The summed E-state index contributed by atoms with van der Waals surface area (Å²) in [6.45, 7) is 3.34. The lowest BCUT2D eigenvalue weighted by Gasteiger charge is -2.33. The van der Waals surface area contributed by atoms with E-state index < -0.39 is 12.0 Å². The lowest BCUT2D eigenvalue weighted by atomic mass is 10.0. The predicted molar refractivity (Wildman–Crippen MR) is 88.5 cm³/mol. The minimum Gasteiger partial charge on any atom is -0.480 e. The van der Waals surface area contributed by atoms with Crippen molar-refractivity contribution < 1.29 is 14.7 Å². The summed E-state index contributed by atoms with van der Waals surface area (Å²) < 4.78 is 2.02. The van der Waals surface area contributed by atoms with Gasteiger partial charge in [-0.3, -0.25) is 4.79 Å². The Kier molecular flexibility index (Phi) is 4.37. The van der Waals surface area contributed by atoms with Crippen molar-refractivity contribution in [3.05, 3.63) is 36.0 Å². The minimum absolute atomic E-state index is 0.165. The van der Waals surface area contributed by atoms with Crippen LogP contribution in [0, 0.1) is 0 Å². The number of piperidine rings is 1. The summed E-state index contributed by atoms with van der Waals surface area (Å²) in [5.74, 6) is -1.07. The van der Waals surface area contributed by atoms with Gasteiger partial charge in [-0.25, -0.2) is 4.79 Å². The second-order valence-electron chi connectivity index (χ2n) is 6.09. The number of aliphatic carboxylic acids is 1. The van der Waals surface area contributed by atoms with E-state index in [-0.39, 0.29) is 5.91 Å². The number of hydrogen-bond donors (Lipinski definition) is 1. The number of carbonyl (C=O) groups excluding carboxylic acids is 1. The molecule has 5 heteroatoms. The van der Waals surface area contributed by atoms with Crippen LogP contribution < -0.4 is 0 Å². The third-order valence-corrected chi connectivity index (χ3v) is 4.53. The smallest absolute Gasteiger partial charge is 0.326 e. The molecule has 1 N–H and O–H groups in total. The summed E-state index contributed by atoms with van der Waals surface area (Å²) in [6, 6.07) is 9.10. The van der Waals surface area contributed by atoms with Crippen LogP contribution in [-0.2, 0) is 11.3 Å². The minimum atomic E-state index is -0.906. The lowest BCUT2D eigenvalue weighted by Crippen LogP contribution is -2.48. The number of carbonyl (C=O) groups is 2. The van der Waals surface area contributed by atoms with Gasteiger partial charge in [0.1, 0.15) is 11.7 Å². The van der Waals surface area contributed by atoms with E-state index in [2.05, 4.69) is 6.92 Å². The van der Waals surface area contributed by atoms with Gasteiger partial charge < -0.3 is 14.6 Å². The topological polar surface area (TPSA) is 62.5 Å². The molecule has 23 heavy (non-hydrogen) atoms. The zero-order valence-electron chi connectivity index (χ0n) is 13.4. The van der Waals surface area contributed by atoms with E-state index >= 15 is 0 Å². The van der Waals surface area contributed by atoms with Gasteiger partial charge in [0.2, 0.25) is 0 Å². The molecule has 1 aromatic heterocycles. The van der Waals surface area contributed by atoms with E-state index in [0.29, 0.717) is 18.7 Å². The van der Waals surface area contributed by atoms with E-state index in [1.54, 1.807) is 0 Å². The Morgan fingerprint density at radius 3 is 2.78 bits per heavy atom. The number of aromatic nitrogens is 1. The fourth-order valence-corrected chi connectivity index (χ4v) is 3.43. The molecular formula is C18H22N2O3. The van der Waals surface area contributed by atoms with Gasteiger partial charge in [0, 0.05) is 24.0 Å². The molecule has 0 aliphatic carbocycles. The number of nitrogens with zero attached hydrogens (tertiary/aromatic N) is 2. The molecule has 1 saturated heterocycles.